The molecule has 3 heteroatoms. The fourth-order valence-corrected chi connectivity index (χ4v) is 3.10. The van der Waals surface area contributed by atoms with Crippen LogP contribution in [0.4, 0.5) is 0 Å². The van der Waals surface area contributed by atoms with Crippen molar-refractivity contribution in [3.05, 3.63) is 60.2 Å². The summed E-state index contributed by atoms with van der Waals surface area (Å²) in [7, 11) is 0. The quantitative estimate of drug-likeness (QED) is 0.706. The molecule has 0 aromatic heterocycles. The van der Waals surface area contributed by atoms with Crippen LogP contribution in [0.15, 0.2) is 54.6 Å². The molecule has 0 spiro atoms. The molecule has 3 rings (SSSR count). The Morgan fingerprint density at radius 2 is 1.46 bits per heavy atom. The first-order valence-corrected chi connectivity index (χ1v) is 8.90. The zero-order chi connectivity index (χ0) is 16.6. The van der Waals surface area contributed by atoms with Gasteiger partial charge in [-0.15, -0.1) is 0 Å². The molecule has 0 aliphatic carbocycles. The van der Waals surface area contributed by atoms with Gasteiger partial charge in [-0.05, 0) is 62.3 Å². The molecule has 0 amide bonds. The van der Waals surface area contributed by atoms with E-state index in [4.69, 9.17) is 4.74 Å². The van der Waals surface area contributed by atoms with Gasteiger partial charge in [0.15, 0.2) is 5.78 Å². The Hall–Kier alpha value is -2.13. The fraction of sp³-hybridized carbons (Fsp3) is 0.381. The van der Waals surface area contributed by atoms with E-state index in [-0.39, 0.29) is 5.78 Å². The topological polar surface area (TPSA) is 29.5 Å². The van der Waals surface area contributed by atoms with Crippen LogP contribution in [-0.2, 0) is 0 Å². The average molecular weight is 323 g/mol. The van der Waals surface area contributed by atoms with Gasteiger partial charge in [0.05, 0.1) is 0 Å². The Labute approximate surface area is 144 Å². The number of para-hydroxylation sites is 1. The first kappa shape index (κ1) is 16.7. The summed E-state index contributed by atoms with van der Waals surface area (Å²) in [5, 5.41) is 0. The van der Waals surface area contributed by atoms with Gasteiger partial charge in [-0.3, -0.25) is 4.79 Å². The van der Waals surface area contributed by atoms with Crippen LogP contribution in [0.2, 0.25) is 0 Å². The van der Waals surface area contributed by atoms with Gasteiger partial charge in [0.2, 0.25) is 0 Å². The second-order valence-electron chi connectivity index (χ2n) is 6.37. The third kappa shape index (κ3) is 4.93. The molecule has 0 atom stereocenters. The van der Waals surface area contributed by atoms with Gasteiger partial charge in [-0.1, -0.05) is 31.0 Å². The maximum Gasteiger partial charge on any atom is 0.164 e. The van der Waals surface area contributed by atoms with E-state index in [1.165, 1.54) is 25.7 Å². The Morgan fingerprint density at radius 1 is 0.833 bits per heavy atom. The molecule has 1 heterocycles. The summed E-state index contributed by atoms with van der Waals surface area (Å²) in [5.74, 6) is 1.77. The Balaban J connectivity index is 1.51. The lowest BCUT2D eigenvalue weighted by molar-refractivity contribution is 0.0965. The molecular weight excluding hydrogens is 298 g/mol. The minimum Gasteiger partial charge on any atom is -0.457 e. The van der Waals surface area contributed by atoms with Crippen LogP contribution in [0.3, 0.4) is 0 Å². The monoisotopic (exact) mass is 323 g/mol. The van der Waals surface area contributed by atoms with Crippen molar-refractivity contribution in [2.24, 2.45) is 0 Å². The molecule has 126 valence electrons. The number of hydrogen-bond acceptors (Lipinski definition) is 3. The number of ketones is 1. The molecular formula is C21H25NO2. The van der Waals surface area contributed by atoms with Gasteiger partial charge in [0.25, 0.3) is 0 Å². The molecule has 0 N–H and O–H groups in total. The number of hydrogen-bond donors (Lipinski definition) is 0. The number of rotatable bonds is 6. The van der Waals surface area contributed by atoms with Gasteiger partial charge in [0.1, 0.15) is 11.5 Å². The van der Waals surface area contributed by atoms with Gasteiger partial charge < -0.3 is 9.64 Å². The minimum absolute atomic E-state index is 0.213. The van der Waals surface area contributed by atoms with E-state index in [1.807, 2.05) is 54.6 Å². The number of nitrogens with zero attached hydrogens (tertiary/aromatic N) is 1. The minimum atomic E-state index is 0.213. The van der Waals surface area contributed by atoms with E-state index in [0.717, 1.165) is 36.7 Å². The highest BCUT2D eigenvalue weighted by Gasteiger charge is 2.12. The smallest absolute Gasteiger partial charge is 0.164 e. The summed E-state index contributed by atoms with van der Waals surface area (Å²) in [6.45, 7) is 3.15. The molecule has 24 heavy (non-hydrogen) atoms. The van der Waals surface area contributed by atoms with E-state index in [9.17, 15) is 4.79 Å². The van der Waals surface area contributed by atoms with Crippen LogP contribution in [0.5, 0.6) is 11.5 Å². The normalized spacial score (nSPS) is 15.7. The van der Waals surface area contributed by atoms with Crippen molar-refractivity contribution in [3.8, 4) is 11.5 Å². The zero-order valence-corrected chi connectivity index (χ0v) is 14.1. The molecule has 1 aliphatic rings. The summed E-state index contributed by atoms with van der Waals surface area (Å²) in [6.07, 6.45) is 5.78. The lowest BCUT2D eigenvalue weighted by atomic mass is 10.1. The molecule has 1 fully saturated rings. The highest BCUT2D eigenvalue weighted by Crippen LogP contribution is 2.21. The van der Waals surface area contributed by atoms with Crippen molar-refractivity contribution in [1.82, 2.24) is 4.90 Å². The molecule has 3 nitrogen and oxygen atoms in total. The van der Waals surface area contributed by atoms with Crippen LogP contribution in [0.25, 0.3) is 0 Å². The summed E-state index contributed by atoms with van der Waals surface area (Å²) in [6, 6.07) is 17.1. The van der Waals surface area contributed by atoms with Gasteiger partial charge >= 0.3 is 0 Å². The third-order valence-electron chi connectivity index (χ3n) is 4.51. The maximum atomic E-state index is 12.4. The average Bonchev–Trinajstić information content (AvgIpc) is 2.90. The largest absolute Gasteiger partial charge is 0.457 e. The molecule has 0 saturated carbocycles. The number of likely N-dealkylation sites (tertiary alicyclic amines) is 1. The van der Waals surface area contributed by atoms with Crippen LogP contribution in [0.1, 0.15) is 42.5 Å². The van der Waals surface area contributed by atoms with Crippen molar-refractivity contribution in [2.75, 3.05) is 19.6 Å². The van der Waals surface area contributed by atoms with E-state index < -0.39 is 0 Å². The Bertz CT molecular complexity index is 629. The summed E-state index contributed by atoms with van der Waals surface area (Å²) in [5.41, 5.74) is 0.769. The van der Waals surface area contributed by atoms with Crippen LogP contribution >= 0.6 is 0 Å². The summed E-state index contributed by atoms with van der Waals surface area (Å²) < 4.78 is 5.76. The van der Waals surface area contributed by atoms with Gasteiger partial charge in [-0.2, -0.15) is 0 Å². The van der Waals surface area contributed by atoms with E-state index >= 15 is 0 Å². The summed E-state index contributed by atoms with van der Waals surface area (Å²) >= 11 is 0. The predicted molar refractivity (Wildman–Crippen MR) is 96.8 cm³/mol. The first-order chi connectivity index (χ1) is 11.8. The highest BCUT2D eigenvalue weighted by atomic mass is 16.5. The maximum absolute atomic E-state index is 12.4. The SMILES string of the molecule is O=C(CCN1CCCCCC1)c1ccc(Oc2ccccc2)cc1. The van der Waals surface area contributed by atoms with Gasteiger partial charge in [0, 0.05) is 18.5 Å². The third-order valence-corrected chi connectivity index (χ3v) is 4.51. The van der Waals surface area contributed by atoms with Crippen molar-refractivity contribution in [1.29, 1.82) is 0 Å². The van der Waals surface area contributed by atoms with Crippen molar-refractivity contribution in [2.45, 2.75) is 32.1 Å². The molecule has 0 radical (unpaired) electrons. The fourth-order valence-electron chi connectivity index (χ4n) is 3.10. The predicted octanol–water partition coefficient (Wildman–Crippen LogP) is 4.93. The van der Waals surface area contributed by atoms with E-state index in [0.29, 0.717) is 6.42 Å². The van der Waals surface area contributed by atoms with E-state index in [1.54, 1.807) is 0 Å². The second-order valence-corrected chi connectivity index (χ2v) is 6.37. The lowest BCUT2D eigenvalue weighted by Gasteiger charge is -2.19. The van der Waals surface area contributed by atoms with Crippen molar-refractivity contribution in [3.63, 3.8) is 0 Å². The standard InChI is InChI=1S/C21H25NO2/c23-21(14-17-22-15-6-1-2-7-16-22)18-10-12-20(13-11-18)24-19-8-4-3-5-9-19/h3-5,8-13H,1-2,6-7,14-17H2. The summed E-state index contributed by atoms with van der Waals surface area (Å²) in [4.78, 5) is 14.8. The second kappa shape index (κ2) is 8.65. The van der Waals surface area contributed by atoms with E-state index in [2.05, 4.69) is 4.90 Å². The van der Waals surface area contributed by atoms with Crippen molar-refractivity contribution >= 4 is 5.78 Å². The number of carbonyl (C=O) groups is 1. The lowest BCUT2D eigenvalue weighted by Crippen LogP contribution is -2.27. The number of Topliss-reactive ketones (excluding diaryl/α,β-unsaturated/α-hetero) is 1. The van der Waals surface area contributed by atoms with Crippen LogP contribution < -0.4 is 4.74 Å². The number of benzene rings is 2. The molecule has 0 bridgehead atoms. The molecule has 1 aliphatic heterocycles. The van der Waals surface area contributed by atoms with Crippen LogP contribution in [-0.4, -0.2) is 30.3 Å². The Kier molecular flexibility index (Phi) is 6.02. The molecule has 2 aromatic carbocycles. The molecule has 0 unspecified atom stereocenters. The highest BCUT2D eigenvalue weighted by molar-refractivity contribution is 5.96. The molecule has 1 saturated heterocycles. The van der Waals surface area contributed by atoms with Crippen molar-refractivity contribution < 1.29 is 9.53 Å². The zero-order valence-electron chi connectivity index (χ0n) is 14.1. The van der Waals surface area contributed by atoms with Gasteiger partial charge in [-0.25, -0.2) is 0 Å². The van der Waals surface area contributed by atoms with Crippen LogP contribution in [0, 0.1) is 0 Å². The molecule has 2 aromatic rings. The first-order valence-electron chi connectivity index (χ1n) is 8.90. The Morgan fingerprint density at radius 3 is 2.12 bits per heavy atom. The number of carbonyl (C=O) groups excluding carboxylic acids is 1. The number of ether oxygens (including phenoxy) is 1.